The van der Waals surface area contributed by atoms with E-state index in [1.807, 2.05) is 62.8 Å². The van der Waals surface area contributed by atoms with Gasteiger partial charge >= 0.3 is 5.69 Å². The third-order valence-corrected chi connectivity index (χ3v) is 6.06. The molecule has 1 aliphatic carbocycles. The van der Waals surface area contributed by atoms with Crippen LogP contribution in [-0.2, 0) is 7.05 Å². The molecule has 2 fully saturated rings. The standard InChI is InChI=1S/C22H25N5O2/c1-24-22(29)27(19-8-9-19)20(23-24)16-10-14-26(15-11-16)21(28)17-4-6-18(7-5-17)25-12-2-3-13-25/h2-7,12-13,16,19H,8-11,14-15H2,1H3. The number of aryl methyl sites for hydroxylation is 1. The predicted molar refractivity (Wildman–Crippen MR) is 109 cm³/mol. The summed E-state index contributed by atoms with van der Waals surface area (Å²) in [5.74, 6) is 1.22. The molecular weight excluding hydrogens is 366 g/mol. The summed E-state index contributed by atoms with van der Waals surface area (Å²) in [6, 6.07) is 12.0. The molecule has 0 atom stereocenters. The number of rotatable bonds is 4. The average Bonchev–Trinajstić information content (AvgIpc) is 3.34. The number of hydrogen-bond donors (Lipinski definition) is 0. The van der Waals surface area contributed by atoms with Crippen LogP contribution in [0, 0.1) is 0 Å². The van der Waals surface area contributed by atoms with Gasteiger partial charge in [0, 0.05) is 55.7 Å². The van der Waals surface area contributed by atoms with Crippen molar-refractivity contribution in [3.63, 3.8) is 0 Å². The molecule has 1 aromatic carbocycles. The summed E-state index contributed by atoms with van der Waals surface area (Å²) in [6.45, 7) is 1.39. The molecule has 3 aromatic rings. The van der Waals surface area contributed by atoms with Crippen LogP contribution in [-0.4, -0.2) is 42.8 Å². The van der Waals surface area contributed by atoms with Gasteiger partial charge < -0.3 is 9.47 Å². The summed E-state index contributed by atoms with van der Waals surface area (Å²) in [4.78, 5) is 27.2. The maximum absolute atomic E-state index is 12.9. The normalized spacial score (nSPS) is 17.6. The van der Waals surface area contributed by atoms with Gasteiger partial charge in [0.2, 0.25) is 0 Å². The molecule has 7 heteroatoms. The van der Waals surface area contributed by atoms with Gasteiger partial charge in [0.1, 0.15) is 5.82 Å². The molecule has 0 N–H and O–H groups in total. The maximum atomic E-state index is 12.9. The highest BCUT2D eigenvalue weighted by atomic mass is 16.2. The highest BCUT2D eigenvalue weighted by Crippen LogP contribution is 2.37. The zero-order valence-electron chi connectivity index (χ0n) is 16.6. The molecule has 1 amide bonds. The zero-order valence-corrected chi connectivity index (χ0v) is 16.6. The minimum absolute atomic E-state index is 0.0104. The lowest BCUT2D eigenvalue weighted by Crippen LogP contribution is -2.38. The number of aromatic nitrogens is 4. The van der Waals surface area contributed by atoms with Crippen molar-refractivity contribution in [2.24, 2.45) is 7.05 Å². The van der Waals surface area contributed by atoms with Crippen molar-refractivity contribution < 1.29 is 4.79 Å². The number of carbonyl (C=O) groups is 1. The van der Waals surface area contributed by atoms with E-state index in [9.17, 15) is 9.59 Å². The lowest BCUT2D eigenvalue weighted by atomic mass is 9.95. The fourth-order valence-electron chi connectivity index (χ4n) is 4.26. The molecule has 1 saturated heterocycles. The molecule has 150 valence electrons. The Morgan fingerprint density at radius 2 is 1.66 bits per heavy atom. The number of likely N-dealkylation sites (tertiary alicyclic amines) is 1. The van der Waals surface area contributed by atoms with Crippen LogP contribution in [0.3, 0.4) is 0 Å². The lowest BCUT2D eigenvalue weighted by Gasteiger charge is -2.31. The molecule has 0 unspecified atom stereocenters. The quantitative estimate of drug-likeness (QED) is 0.687. The Morgan fingerprint density at radius 3 is 2.28 bits per heavy atom. The van der Waals surface area contributed by atoms with Gasteiger partial charge in [-0.25, -0.2) is 9.48 Å². The smallest absolute Gasteiger partial charge is 0.339 e. The molecule has 0 radical (unpaired) electrons. The van der Waals surface area contributed by atoms with Crippen LogP contribution < -0.4 is 5.69 Å². The van der Waals surface area contributed by atoms with Crippen molar-refractivity contribution >= 4 is 5.91 Å². The summed E-state index contributed by atoms with van der Waals surface area (Å²) < 4.78 is 5.37. The number of benzene rings is 1. The molecule has 0 bridgehead atoms. The fourth-order valence-corrected chi connectivity index (χ4v) is 4.26. The third kappa shape index (κ3) is 3.30. The summed E-state index contributed by atoms with van der Waals surface area (Å²) in [6.07, 6.45) is 7.79. The molecule has 5 rings (SSSR count). The Labute approximate surface area is 169 Å². The Kier molecular flexibility index (Phi) is 4.38. The van der Waals surface area contributed by atoms with Crippen molar-refractivity contribution in [2.75, 3.05) is 13.1 Å². The van der Waals surface area contributed by atoms with Crippen LogP contribution in [0.5, 0.6) is 0 Å². The number of carbonyl (C=O) groups excluding carboxylic acids is 1. The Morgan fingerprint density at radius 1 is 1.00 bits per heavy atom. The minimum atomic E-state index is -0.0104. The van der Waals surface area contributed by atoms with Gasteiger partial charge in [-0.1, -0.05) is 0 Å². The summed E-state index contributed by atoms with van der Waals surface area (Å²) in [5, 5.41) is 4.52. The Bertz CT molecular complexity index is 1070. The Balaban J connectivity index is 1.27. The molecule has 0 spiro atoms. The summed E-state index contributed by atoms with van der Waals surface area (Å²) in [7, 11) is 1.72. The third-order valence-electron chi connectivity index (χ3n) is 6.06. The van der Waals surface area contributed by atoms with Crippen molar-refractivity contribution in [1.82, 2.24) is 23.8 Å². The second-order valence-electron chi connectivity index (χ2n) is 8.07. The van der Waals surface area contributed by atoms with Crippen LogP contribution in [0.1, 0.15) is 53.8 Å². The SMILES string of the molecule is Cn1nc(C2CCN(C(=O)c3ccc(-n4cccc4)cc3)CC2)n(C2CC2)c1=O. The highest BCUT2D eigenvalue weighted by Gasteiger charge is 2.34. The van der Waals surface area contributed by atoms with E-state index in [1.54, 1.807) is 7.05 Å². The van der Waals surface area contributed by atoms with Gasteiger partial charge in [-0.3, -0.25) is 9.36 Å². The van der Waals surface area contributed by atoms with Crippen LogP contribution in [0.15, 0.2) is 53.6 Å². The molecule has 29 heavy (non-hydrogen) atoms. The van der Waals surface area contributed by atoms with Crippen molar-refractivity contribution in [2.45, 2.75) is 37.6 Å². The topological polar surface area (TPSA) is 65.1 Å². The fraction of sp³-hybridized carbons (Fsp3) is 0.409. The van der Waals surface area contributed by atoms with E-state index in [4.69, 9.17) is 0 Å². The number of piperidine rings is 1. The molecule has 2 aliphatic rings. The molecule has 3 heterocycles. The van der Waals surface area contributed by atoms with E-state index in [-0.39, 0.29) is 17.5 Å². The van der Waals surface area contributed by atoms with Gasteiger partial charge in [-0.15, -0.1) is 0 Å². The van der Waals surface area contributed by atoms with E-state index >= 15 is 0 Å². The van der Waals surface area contributed by atoms with E-state index in [0.717, 1.165) is 37.2 Å². The van der Waals surface area contributed by atoms with E-state index in [0.29, 0.717) is 24.7 Å². The van der Waals surface area contributed by atoms with Gasteiger partial charge in [-0.2, -0.15) is 5.10 Å². The second kappa shape index (κ2) is 7.06. The summed E-state index contributed by atoms with van der Waals surface area (Å²) in [5.41, 5.74) is 1.74. The molecule has 2 aromatic heterocycles. The average molecular weight is 391 g/mol. The van der Waals surface area contributed by atoms with Crippen molar-refractivity contribution in [1.29, 1.82) is 0 Å². The monoisotopic (exact) mass is 391 g/mol. The first-order valence-electron chi connectivity index (χ1n) is 10.3. The molecule has 1 saturated carbocycles. The highest BCUT2D eigenvalue weighted by molar-refractivity contribution is 5.94. The van der Waals surface area contributed by atoms with Gasteiger partial charge in [0.25, 0.3) is 5.91 Å². The van der Waals surface area contributed by atoms with Crippen molar-refractivity contribution in [3.05, 3.63) is 70.7 Å². The van der Waals surface area contributed by atoms with E-state index in [2.05, 4.69) is 5.10 Å². The zero-order chi connectivity index (χ0) is 20.0. The van der Waals surface area contributed by atoms with Crippen LogP contribution in [0.4, 0.5) is 0 Å². The number of hydrogen-bond acceptors (Lipinski definition) is 3. The predicted octanol–water partition coefficient (Wildman–Crippen LogP) is 2.73. The number of amides is 1. The largest absolute Gasteiger partial charge is 0.345 e. The number of nitrogens with zero attached hydrogens (tertiary/aromatic N) is 5. The minimum Gasteiger partial charge on any atom is -0.339 e. The second-order valence-corrected chi connectivity index (χ2v) is 8.07. The van der Waals surface area contributed by atoms with E-state index in [1.165, 1.54) is 4.68 Å². The molecule has 7 nitrogen and oxygen atoms in total. The maximum Gasteiger partial charge on any atom is 0.345 e. The molecule has 1 aliphatic heterocycles. The van der Waals surface area contributed by atoms with Crippen molar-refractivity contribution in [3.8, 4) is 5.69 Å². The van der Waals surface area contributed by atoms with Crippen LogP contribution >= 0.6 is 0 Å². The first-order chi connectivity index (χ1) is 14.1. The first kappa shape index (κ1) is 18.0. The first-order valence-corrected chi connectivity index (χ1v) is 10.3. The summed E-state index contributed by atoms with van der Waals surface area (Å²) >= 11 is 0. The Hall–Kier alpha value is -3.09. The van der Waals surface area contributed by atoms with Crippen LogP contribution in [0.25, 0.3) is 5.69 Å². The van der Waals surface area contributed by atoms with Gasteiger partial charge in [0.05, 0.1) is 0 Å². The van der Waals surface area contributed by atoms with Crippen LogP contribution in [0.2, 0.25) is 0 Å². The lowest BCUT2D eigenvalue weighted by molar-refractivity contribution is 0.0710. The van der Waals surface area contributed by atoms with Gasteiger partial charge in [-0.05, 0) is 62.1 Å². The molecular formula is C22H25N5O2. The van der Waals surface area contributed by atoms with E-state index < -0.39 is 0 Å². The van der Waals surface area contributed by atoms with Gasteiger partial charge in [0.15, 0.2) is 0 Å².